The first-order chi connectivity index (χ1) is 14.0. The highest BCUT2D eigenvalue weighted by atomic mass is 32.2. The molecule has 0 saturated heterocycles. The lowest BCUT2D eigenvalue weighted by Crippen LogP contribution is -2.36. The van der Waals surface area contributed by atoms with Crippen LogP contribution in [0, 0.1) is 13.8 Å². The van der Waals surface area contributed by atoms with Gasteiger partial charge in [-0.3, -0.25) is 20.2 Å². The topological polar surface area (TPSA) is 115 Å². The molecule has 3 aromatic rings. The van der Waals surface area contributed by atoms with Crippen molar-refractivity contribution < 1.29 is 9.59 Å². The van der Waals surface area contributed by atoms with Gasteiger partial charge < -0.3 is 0 Å². The van der Waals surface area contributed by atoms with Crippen molar-refractivity contribution in [2.75, 3.05) is 10.6 Å². The van der Waals surface area contributed by atoms with Crippen LogP contribution >= 0.6 is 11.8 Å². The molecule has 0 unspecified atom stereocenters. The van der Waals surface area contributed by atoms with Crippen molar-refractivity contribution in [2.45, 2.75) is 37.2 Å². The van der Waals surface area contributed by atoms with E-state index in [0.29, 0.717) is 10.9 Å². The molecule has 4 rings (SSSR count). The average Bonchev–Trinajstić information content (AvgIpc) is 3.08. The van der Waals surface area contributed by atoms with Gasteiger partial charge in [0.1, 0.15) is 6.04 Å². The van der Waals surface area contributed by atoms with Crippen molar-refractivity contribution in [3.63, 3.8) is 0 Å². The van der Waals surface area contributed by atoms with Gasteiger partial charge in [0.05, 0.1) is 6.42 Å². The largest absolute Gasteiger partial charge is 0.295 e. The molecule has 0 spiro atoms. The third-order valence-electron chi connectivity index (χ3n) is 4.27. The number of anilines is 2. The molecule has 148 valence electrons. The van der Waals surface area contributed by atoms with E-state index in [1.807, 2.05) is 50.2 Å². The predicted molar refractivity (Wildman–Crippen MR) is 108 cm³/mol. The highest BCUT2D eigenvalue weighted by Crippen LogP contribution is 2.28. The Kier molecular flexibility index (Phi) is 5.26. The SMILES string of the molecule is Cc1cc(C)nc(NC(=O)[C@H]2CC(=O)Nc3nc(SCc4ccccc4)nn32)n1. The Morgan fingerprint density at radius 3 is 2.66 bits per heavy atom. The number of carbonyl (C=O) groups excluding carboxylic acids is 2. The second kappa shape index (κ2) is 8.00. The molecular weight excluding hydrogens is 390 g/mol. The van der Waals surface area contributed by atoms with Gasteiger partial charge in [0.2, 0.25) is 23.0 Å². The Labute approximate surface area is 171 Å². The number of hydrogen-bond acceptors (Lipinski definition) is 7. The number of rotatable bonds is 5. The molecule has 1 aliphatic heterocycles. The van der Waals surface area contributed by atoms with Crippen molar-refractivity contribution in [3.05, 3.63) is 53.3 Å². The molecule has 0 fully saturated rings. The first-order valence-electron chi connectivity index (χ1n) is 9.04. The van der Waals surface area contributed by atoms with Crippen LogP contribution in [0.15, 0.2) is 41.6 Å². The molecule has 10 heteroatoms. The molecule has 9 nitrogen and oxygen atoms in total. The van der Waals surface area contributed by atoms with Crippen LogP contribution < -0.4 is 10.6 Å². The zero-order chi connectivity index (χ0) is 20.4. The molecule has 1 atom stereocenters. The third-order valence-corrected chi connectivity index (χ3v) is 5.18. The molecule has 3 heterocycles. The number of nitrogens with zero attached hydrogens (tertiary/aromatic N) is 5. The van der Waals surface area contributed by atoms with E-state index in [1.165, 1.54) is 16.4 Å². The van der Waals surface area contributed by atoms with Gasteiger partial charge in [-0.05, 0) is 25.5 Å². The summed E-state index contributed by atoms with van der Waals surface area (Å²) >= 11 is 1.44. The summed E-state index contributed by atoms with van der Waals surface area (Å²) in [6.07, 6.45) is -0.0320. The van der Waals surface area contributed by atoms with Crippen LogP contribution in [0.1, 0.15) is 29.4 Å². The van der Waals surface area contributed by atoms with Gasteiger partial charge in [0, 0.05) is 17.1 Å². The maximum absolute atomic E-state index is 12.8. The normalized spacial score (nSPS) is 15.5. The second-order valence-electron chi connectivity index (χ2n) is 6.67. The minimum absolute atomic E-state index is 0.0320. The van der Waals surface area contributed by atoms with E-state index in [0.717, 1.165) is 17.0 Å². The number of carbonyl (C=O) groups is 2. The van der Waals surface area contributed by atoms with Gasteiger partial charge in [-0.1, -0.05) is 42.1 Å². The fourth-order valence-electron chi connectivity index (χ4n) is 3.01. The molecule has 2 amide bonds. The van der Waals surface area contributed by atoms with Crippen molar-refractivity contribution >= 4 is 35.5 Å². The third kappa shape index (κ3) is 4.43. The number of amides is 2. The molecule has 0 saturated carbocycles. The summed E-state index contributed by atoms with van der Waals surface area (Å²) < 4.78 is 1.45. The summed E-state index contributed by atoms with van der Waals surface area (Å²) in [7, 11) is 0. The van der Waals surface area contributed by atoms with Crippen molar-refractivity contribution in [1.29, 1.82) is 0 Å². The van der Waals surface area contributed by atoms with Crippen molar-refractivity contribution in [2.24, 2.45) is 0 Å². The predicted octanol–water partition coefficient (Wildman–Crippen LogP) is 2.50. The second-order valence-corrected chi connectivity index (χ2v) is 7.61. The molecule has 1 aliphatic rings. The Morgan fingerprint density at radius 1 is 1.21 bits per heavy atom. The minimum atomic E-state index is -0.818. The monoisotopic (exact) mass is 409 g/mol. The van der Waals surface area contributed by atoms with Gasteiger partial charge in [-0.2, -0.15) is 4.98 Å². The molecule has 0 radical (unpaired) electrons. The van der Waals surface area contributed by atoms with Crippen LogP contribution in [-0.2, 0) is 15.3 Å². The highest BCUT2D eigenvalue weighted by molar-refractivity contribution is 7.98. The summed E-state index contributed by atoms with van der Waals surface area (Å²) in [5.41, 5.74) is 2.63. The lowest BCUT2D eigenvalue weighted by Gasteiger charge is -2.22. The fraction of sp³-hybridized carbons (Fsp3) is 0.263. The number of benzene rings is 1. The zero-order valence-corrected chi connectivity index (χ0v) is 16.7. The Balaban J connectivity index is 1.52. The number of aryl methyl sites for hydroxylation is 2. The van der Waals surface area contributed by atoms with Crippen LogP contribution in [0.5, 0.6) is 0 Å². The Hall–Kier alpha value is -3.27. The highest BCUT2D eigenvalue weighted by Gasteiger charge is 2.33. The minimum Gasteiger partial charge on any atom is -0.295 e. The van der Waals surface area contributed by atoms with E-state index in [1.54, 1.807) is 0 Å². The summed E-state index contributed by atoms with van der Waals surface area (Å²) in [6.45, 7) is 3.65. The lowest BCUT2D eigenvalue weighted by molar-refractivity contribution is -0.125. The number of hydrogen-bond donors (Lipinski definition) is 2. The maximum Gasteiger partial charge on any atom is 0.252 e. The van der Waals surface area contributed by atoms with Crippen LogP contribution in [-0.4, -0.2) is 36.5 Å². The Bertz CT molecular complexity index is 1050. The van der Waals surface area contributed by atoms with Gasteiger partial charge in [0.15, 0.2) is 0 Å². The molecule has 29 heavy (non-hydrogen) atoms. The lowest BCUT2D eigenvalue weighted by atomic mass is 10.1. The number of thioether (sulfide) groups is 1. The van der Waals surface area contributed by atoms with Crippen LogP contribution in [0.25, 0.3) is 0 Å². The van der Waals surface area contributed by atoms with Gasteiger partial charge in [0.25, 0.3) is 5.91 Å². The van der Waals surface area contributed by atoms with Gasteiger partial charge in [-0.25, -0.2) is 14.6 Å². The quantitative estimate of drug-likeness (QED) is 0.622. The van der Waals surface area contributed by atoms with E-state index in [9.17, 15) is 9.59 Å². The standard InChI is InChI=1S/C19H19N7O2S/c1-11-8-12(2)21-17(20-11)23-16(28)14-9-15(27)22-18-24-19(25-26(14)18)29-10-13-6-4-3-5-7-13/h3-8,14H,9-10H2,1-2H3,(H,20,21,23,28)(H,22,24,25,27)/t14-/m1/s1. The number of nitrogens with one attached hydrogen (secondary N) is 2. The van der Waals surface area contributed by atoms with E-state index in [-0.39, 0.29) is 24.2 Å². The van der Waals surface area contributed by atoms with E-state index >= 15 is 0 Å². The van der Waals surface area contributed by atoms with Crippen LogP contribution in [0.4, 0.5) is 11.9 Å². The molecular formula is C19H19N7O2S. The van der Waals surface area contributed by atoms with Crippen molar-refractivity contribution in [3.8, 4) is 0 Å². The van der Waals surface area contributed by atoms with Crippen LogP contribution in [0.3, 0.4) is 0 Å². The number of aromatic nitrogens is 5. The summed E-state index contributed by atoms with van der Waals surface area (Å²) in [4.78, 5) is 37.7. The first kappa shape index (κ1) is 19.1. The van der Waals surface area contributed by atoms with E-state index < -0.39 is 11.9 Å². The van der Waals surface area contributed by atoms with E-state index in [2.05, 4.69) is 30.7 Å². The zero-order valence-electron chi connectivity index (χ0n) is 15.9. The molecule has 1 aromatic carbocycles. The molecule has 0 aliphatic carbocycles. The van der Waals surface area contributed by atoms with Gasteiger partial charge in [-0.15, -0.1) is 5.10 Å². The first-order valence-corrected chi connectivity index (χ1v) is 10.0. The summed E-state index contributed by atoms with van der Waals surface area (Å²) in [6, 6.07) is 10.9. The van der Waals surface area contributed by atoms with E-state index in [4.69, 9.17) is 0 Å². The smallest absolute Gasteiger partial charge is 0.252 e. The van der Waals surface area contributed by atoms with Crippen LogP contribution in [0.2, 0.25) is 0 Å². The maximum atomic E-state index is 12.8. The summed E-state index contributed by atoms with van der Waals surface area (Å²) in [5, 5.41) is 10.3. The number of fused-ring (bicyclic) bond motifs is 1. The molecule has 0 bridgehead atoms. The van der Waals surface area contributed by atoms with Gasteiger partial charge >= 0.3 is 0 Å². The fourth-order valence-corrected chi connectivity index (χ4v) is 3.79. The average molecular weight is 409 g/mol. The van der Waals surface area contributed by atoms with Crippen molar-refractivity contribution in [1.82, 2.24) is 24.7 Å². The Morgan fingerprint density at radius 2 is 1.93 bits per heavy atom. The molecule has 2 aromatic heterocycles. The molecule has 2 N–H and O–H groups in total. The summed E-state index contributed by atoms with van der Waals surface area (Å²) in [5.74, 6) is 0.463.